The van der Waals surface area contributed by atoms with E-state index in [1.54, 1.807) is 7.11 Å². The second-order valence-electron chi connectivity index (χ2n) is 6.84. The number of methoxy groups -OCH3 is 1. The lowest BCUT2D eigenvalue weighted by Gasteiger charge is -2.21. The minimum absolute atomic E-state index is 0.106. The Morgan fingerprint density at radius 2 is 2.19 bits per heavy atom. The van der Waals surface area contributed by atoms with Crippen molar-refractivity contribution in [1.82, 2.24) is 9.55 Å². The van der Waals surface area contributed by atoms with Crippen LogP contribution in [-0.2, 0) is 0 Å². The number of hydrogen-bond donors (Lipinski definition) is 0. The Labute approximate surface area is 131 Å². The van der Waals surface area contributed by atoms with Gasteiger partial charge in [0.25, 0.3) is 0 Å². The summed E-state index contributed by atoms with van der Waals surface area (Å²) >= 11 is 6.40. The normalized spacial score (nSPS) is 22.6. The molecule has 114 valence electrons. The van der Waals surface area contributed by atoms with Gasteiger partial charge in [0.2, 0.25) is 0 Å². The van der Waals surface area contributed by atoms with Crippen LogP contribution < -0.4 is 4.74 Å². The molecule has 1 aliphatic carbocycles. The molecule has 1 saturated carbocycles. The molecule has 0 amide bonds. The summed E-state index contributed by atoms with van der Waals surface area (Å²) in [6.07, 6.45) is 3.61. The van der Waals surface area contributed by atoms with Crippen LogP contribution >= 0.6 is 11.6 Å². The molecule has 2 atom stereocenters. The molecule has 3 rings (SSSR count). The van der Waals surface area contributed by atoms with Crippen LogP contribution in [0.3, 0.4) is 0 Å². The van der Waals surface area contributed by atoms with Crippen molar-refractivity contribution in [2.45, 2.75) is 51.5 Å². The molecule has 2 aromatic rings. The van der Waals surface area contributed by atoms with Crippen LogP contribution in [0, 0.1) is 5.41 Å². The van der Waals surface area contributed by atoms with E-state index in [1.165, 1.54) is 19.3 Å². The Morgan fingerprint density at radius 3 is 2.76 bits per heavy atom. The standard InChI is InChI=1S/C17H23ClN2O/c1-11(18)16-19-15-13(6-5-7-14(15)21-4)20(16)12-8-9-17(2,3)10-12/h5-7,11-12H,8-10H2,1-4H3. The first-order chi connectivity index (χ1) is 9.93. The van der Waals surface area contributed by atoms with E-state index < -0.39 is 0 Å². The number of rotatable bonds is 3. The highest BCUT2D eigenvalue weighted by Gasteiger charge is 2.34. The van der Waals surface area contributed by atoms with Gasteiger partial charge in [0.1, 0.15) is 17.1 Å². The first-order valence-electron chi connectivity index (χ1n) is 7.62. The Hall–Kier alpha value is -1.22. The van der Waals surface area contributed by atoms with Crippen LogP contribution in [-0.4, -0.2) is 16.7 Å². The van der Waals surface area contributed by atoms with E-state index >= 15 is 0 Å². The van der Waals surface area contributed by atoms with E-state index in [0.717, 1.165) is 22.6 Å². The number of para-hydroxylation sites is 1. The summed E-state index contributed by atoms with van der Waals surface area (Å²) in [5.74, 6) is 1.78. The molecule has 1 fully saturated rings. The summed E-state index contributed by atoms with van der Waals surface area (Å²) in [6.45, 7) is 6.68. The minimum Gasteiger partial charge on any atom is -0.494 e. The third-order valence-corrected chi connectivity index (χ3v) is 4.79. The molecule has 0 aliphatic heterocycles. The number of alkyl halides is 1. The lowest BCUT2D eigenvalue weighted by atomic mass is 9.92. The van der Waals surface area contributed by atoms with Crippen LogP contribution in [0.4, 0.5) is 0 Å². The molecular formula is C17H23ClN2O. The summed E-state index contributed by atoms with van der Waals surface area (Å²) in [6, 6.07) is 6.59. The molecule has 2 unspecified atom stereocenters. The predicted molar refractivity (Wildman–Crippen MR) is 87.2 cm³/mol. The van der Waals surface area contributed by atoms with Crippen molar-refractivity contribution in [3.8, 4) is 5.75 Å². The first-order valence-corrected chi connectivity index (χ1v) is 8.05. The number of fused-ring (bicyclic) bond motifs is 1. The maximum absolute atomic E-state index is 6.40. The zero-order valence-corrected chi connectivity index (χ0v) is 13.9. The van der Waals surface area contributed by atoms with Crippen LogP contribution in [0.5, 0.6) is 5.75 Å². The number of benzene rings is 1. The van der Waals surface area contributed by atoms with Crippen molar-refractivity contribution in [3.05, 3.63) is 24.0 Å². The molecule has 0 radical (unpaired) electrons. The van der Waals surface area contributed by atoms with Crippen LogP contribution in [0.1, 0.15) is 57.3 Å². The number of hydrogen-bond acceptors (Lipinski definition) is 2. The van der Waals surface area contributed by atoms with Gasteiger partial charge >= 0.3 is 0 Å². The van der Waals surface area contributed by atoms with Crippen molar-refractivity contribution < 1.29 is 4.74 Å². The number of imidazole rings is 1. The summed E-state index contributed by atoms with van der Waals surface area (Å²) < 4.78 is 7.81. The third kappa shape index (κ3) is 2.52. The highest BCUT2D eigenvalue weighted by molar-refractivity contribution is 6.20. The number of aromatic nitrogens is 2. The largest absolute Gasteiger partial charge is 0.494 e. The predicted octanol–water partition coefficient (Wildman–Crippen LogP) is 5.10. The topological polar surface area (TPSA) is 27.1 Å². The molecule has 4 heteroatoms. The van der Waals surface area contributed by atoms with Gasteiger partial charge in [-0.3, -0.25) is 0 Å². The van der Waals surface area contributed by atoms with Gasteiger partial charge in [-0.25, -0.2) is 4.98 Å². The van der Waals surface area contributed by atoms with Crippen LogP contribution in [0.25, 0.3) is 11.0 Å². The third-order valence-electron chi connectivity index (χ3n) is 4.59. The fourth-order valence-electron chi connectivity index (χ4n) is 3.56. The fraction of sp³-hybridized carbons (Fsp3) is 0.588. The molecule has 0 spiro atoms. The summed E-state index contributed by atoms with van der Waals surface area (Å²) in [4.78, 5) is 4.78. The van der Waals surface area contributed by atoms with Crippen molar-refractivity contribution in [3.63, 3.8) is 0 Å². The van der Waals surface area contributed by atoms with Crippen molar-refractivity contribution in [1.29, 1.82) is 0 Å². The Bertz CT molecular complexity index is 660. The molecule has 1 aromatic heterocycles. The van der Waals surface area contributed by atoms with Gasteiger partial charge < -0.3 is 9.30 Å². The van der Waals surface area contributed by atoms with Crippen LogP contribution in [0.2, 0.25) is 0 Å². The van der Waals surface area contributed by atoms with E-state index in [0.29, 0.717) is 11.5 Å². The molecule has 0 bridgehead atoms. The van der Waals surface area contributed by atoms with Gasteiger partial charge in [-0.05, 0) is 43.7 Å². The molecule has 0 N–H and O–H groups in total. The van der Waals surface area contributed by atoms with E-state index in [-0.39, 0.29) is 5.38 Å². The monoisotopic (exact) mass is 306 g/mol. The highest BCUT2D eigenvalue weighted by atomic mass is 35.5. The van der Waals surface area contributed by atoms with Gasteiger partial charge in [-0.2, -0.15) is 0 Å². The highest BCUT2D eigenvalue weighted by Crippen LogP contribution is 2.46. The average Bonchev–Trinajstić information content (AvgIpc) is 2.98. The zero-order chi connectivity index (χ0) is 15.2. The van der Waals surface area contributed by atoms with Gasteiger partial charge in [-0.15, -0.1) is 11.6 Å². The summed E-state index contributed by atoms with van der Waals surface area (Å²) in [5, 5.41) is -0.106. The Morgan fingerprint density at radius 1 is 1.43 bits per heavy atom. The SMILES string of the molecule is COc1cccc2c1nc(C(C)Cl)n2C1CCC(C)(C)C1. The first kappa shape index (κ1) is 14.7. The number of halogens is 1. The maximum Gasteiger partial charge on any atom is 0.146 e. The smallest absolute Gasteiger partial charge is 0.146 e. The maximum atomic E-state index is 6.40. The second kappa shape index (κ2) is 5.20. The number of ether oxygens (including phenoxy) is 1. The van der Waals surface area contributed by atoms with Gasteiger partial charge in [0, 0.05) is 6.04 Å². The molecule has 0 saturated heterocycles. The molecule has 1 heterocycles. The van der Waals surface area contributed by atoms with E-state index in [1.807, 2.05) is 19.1 Å². The van der Waals surface area contributed by atoms with Gasteiger partial charge in [0.05, 0.1) is 18.0 Å². The molecule has 3 nitrogen and oxygen atoms in total. The van der Waals surface area contributed by atoms with Gasteiger partial charge in [-0.1, -0.05) is 19.9 Å². The average molecular weight is 307 g/mol. The molecule has 21 heavy (non-hydrogen) atoms. The van der Waals surface area contributed by atoms with E-state index in [9.17, 15) is 0 Å². The lowest BCUT2D eigenvalue weighted by molar-refractivity contribution is 0.358. The van der Waals surface area contributed by atoms with Crippen LogP contribution in [0.15, 0.2) is 18.2 Å². The van der Waals surface area contributed by atoms with Crippen molar-refractivity contribution >= 4 is 22.6 Å². The zero-order valence-electron chi connectivity index (χ0n) is 13.2. The number of nitrogens with zero attached hydrogens (tertiary/aromatic N) is 2. The second-order valence-corrected chi connectivity index (χ2v) is 7.50. The van der Waals surface area contributed by atoms with Gasteiger partial charge in [0.15, 0.2) is 0 Å². The van der Waals surface area contributed by atoms with Crippen molar-refractivity contribution in [2.24, 2.45) is 5.41 Å². The molecule has 1 aromatic carbocycles. The minimum atomic E-state index is -0.106. The quantitative estimate of drug-likeness (QED) is 0.738. The Balaban J connectivity index is 2.18. The summed E-state index contributed by atoms with van der Waals surface area (Å²) in [5.41, 5.74) is 2.46. The van der Waals surface area contributed by atoms with Crippen molar-refractivity contribution in [2.75, 3.05) is 7.11 Å². The molecule has 1 aliphatic rings. The Kier molecular flexibility index (Phi) is 3.64. The summed E-state index contributed by atoms with van der Waals surface area (Å²) in [7, 11) is 1.69. The van der Waals surface area contributed by atoms with E-state index in [2.05, 4.69) is 24.5 Å². The fourth-order valence-corrected chi connectivity index (χ4v) is 3.71. The molecular weight excluding hydrogens is 284 g/mol. The van der Waals surface area contributed by atoms with E-state index in [4.69, 9.17) is 21.3 Å². The lowest BCUT2D eigenvalue weighted by Crippen LogP contribution is -2.12.